The van der Waals surface area contributed by atoms with Crippen molar-refractivity contribution in [2.24, 2.45) is 5.92 Å². The van der Waals surface area contributed by atoms with Crippen molar-refractivity contribution in [2.45, 2.75) is 37.7 Å². The normalized spacial score (nSPS) is 22.6. The van der Waals surface area contributed by atoms with E-state index in [0.717, 1.165) is 15.8 Å². The molecule has 0 bridgehead atoms. The van der Waals surface area contributed by atoms with Crippen LogP contribution in [0.3, 0.4) is 0 Å². The van der Waals surface area contributed by atoms with Gasteiger partial charge in [-0.2, -0.15) is 4.98 Å². The maximum absolute atomic E-state index is 11.3. The highest BCUT2D eigenvalue weighted by molar-refractivity contribution is 7.21. The van der Waals surface area contributed by atoms with Crippen LogP contribution >= 0.6 is 11.3 Å². The first-order valence-corrected chi connectivity index (χ1v) is 12.7. The fourth-order valence-electron chi connectivity index (χ4n) is 4.59. The number of benzene rings is 2. The number of rotatable bonds is 8. The molecule has 10 heteroatoms. The van der Waals surface area contributed by atoms with Gasteiger partial charge in [0.15, 0.2) is 5.72 Å². The Kier molecular flexibility index (Phi) is 6.87. The highest BCUT2D eigenvalue weighted by Gasteiger charge is 2.47. The van der Waals surface area contributed by atoms with Crippen LogP contribution in [0.1, 0.15) is 30.2 Å². The number of hydrogen-bond donors (Lipinski definition) is 6. The number of aliphatic hydroxyl groups excluding tert-OH is 3. The number of para-hydroxylation sites is 1. The third-order valence-corrected chi connectivity index (χ3v) is 7.69. The molecule has 5 rings (SSSR count). The molecule has 1 aliphatic carbocycles. The first-order chi connectivity index (χ1) is 17.4. The van der Waals surface area contributed by atoms with E-state index < -0.39 is 23.9 Å². The molecule has 2 heterocycles. The third kappa shape index (κ3) is 4.78. The SMILES string of the molecule is Cc1nc(NCC(O)c2ccccc2)nc(NC2(O)CCC(CO)C2O)c1-c1nc2ccccc2s1. The summed E-state index contributed by atoms with van der Waals surface area (Å²) in [4.78, 5) is 14.0. The quantitative estimate of drug-likeness (QED) is 0.198. The summed E-state index contributed by atoms with van der Waals surface area (Å²) >= 11 is 1.49. The van der Waals surface area contributed by atoms with Crippen LogP contribution in [0.15, 0.2) is 54.6 Å². The van der Waals surface area contributed by atoms with E-state index in [2.05, 4.69) is 20.6 Å². The zero-order valence-electron chi connectivity index (χ0n) is 19.8. The highest BCUT2D eigenvalue weighted by Crippen LogP contribution is 2.40. The second-order valence-electron chi connectivity index (χ2n) is 9.13. The molecule has 4 atom stereocenters. The molecule has 4 aromatic rings. The Balaban J connectivity index is 1.50. The molecule has 1 aliphatic rings. The van der Waals surface area contributed by atoms with Gasteiger partial charge in [0.1, 0.15) is 16.9 Å². The number of fused-ring (bicyclic) bond motifs is 1. The zero-order valence-corrected chi connectivity index (χ0v) is 20.6. The van der Waals surface area contributed by atoms with E-state index in [-0.39, 0.29) is 25.5 Å². The molecule has 2 aromatic heterocycles. The molecule has 4 unspecified atom stereocenters. The lowest BCUT2D eigenvalue weighted by Gasteiger charge is -2.31. The highest BCUT2D eigenvalue weighted by atomic mass is 32.1. The van der Waals surface area contributed by atoms with Crippen LogP contribution in [0, 0.1) is 12.8 Å². The first kappa shape index (κ1) is 24.5. The van der Waals surface area contributed by atoms with Gasteiger partial charge in [0.05, 0.1) is 27.6 Å². The van der Waals surface area contributed by atoms with E-state index in [1.165, 1.54) is 11.3 Å². The second kappa shape index (κ2) is 10.1. The number of hydrogen-bond acceptors (Lipinski definition) is 10. The number of aliphatic hydroxyl groups is 4. The summed E-state index contributed by atoms with van der Waals surface area (Å²) in [5, 5.41) is 48.9. The van der Waals surface area contributed by atoms with E-state index in [0.29, 0.717) is 28.5 Å². The number of thiazole rings is 1. The van der Waals surface area contributed by atoms with Crippen LogP contribution < -0.4 is 10.6 Å². The minimum atomic E-state index is -1.67. The first-order valence-electron chi connectivity index (χ1n) is 11.9. The average Bonchev–Trinajstić information content (AvgIpc) is 3.43. The van der Waals surface area contributed by atoms with Crippen molar-refractivity contribution in [2.75, 3.05) is 23.8 Å². The van der Waals surface area contributed by atoms with Crippen LogP contribution in [-0.4, -0.2) is 60.4 Å². The molecule has 6 N–H and O–H groups in total. The van der Waals surface area contributed by atoms with Gasteiger partial charge in [0, 0.05) is 19.1 Å². The molecule has 0 saturated heterocycles. The molecule has 188 valence electrons. The molecular formula is C26H29N5O4S. The Bertz CT molecular complexity index is 1320. The minimum Gasteiger partial charge on any atom is -0.396 e. The Labute approximate surface area is 212 Å². The molecule has 0 radical (unpaired) electrons. The Morgan fingerprint density at radius 1 is 1.08 bits per heavy atom. The summed E-state index contributed by atoms with van der Waals surface area (Å²) in [6, 6.07) is 17.1. The van der Waals surface area contributed by atoms with Crippen molar-refractivity contribution in [1.29, 1.82) is 0 Å². The Morgan fingerprint density at radius 2 is 1.83 bits per heavy atom. The molecule has 1 fully saturated rings. The van der Waals surface area contributed by atoms with Gasteiger partial charge in [0.2, 0.25) is 5.95 Å². The molecule has 9 nitrogen and oxygen atoms in total. The maximum atomic E-state index is 11.3. The average molecular weight is 508 g/mol. The predicted octanol–water partition coefficient (Wildman–Crippen LogP) is 3.07. The number of nitrogens with zero attached hydrogens (tertiary/aromatic N) is 3. The fourth-order valence-corrected chi connectivity index (χ4v) is 5.66. The van der Waals surface area contributed by atoms with E-state index in [9.17, 15) is 20.4 Å². The van der Waals surface area contributed by atoms with Crippen molar-refractivity contribution in [3.05, 3.63) is 65.9 Å². The molecule has 0 amide bonds. The summed E-state index contributed by atoms with van der Waals surface area (Å²) in [6.07, 6.45) is -1.22. The number of aryl methyl sites for hydroxylation is 1. The largest absolute Gasteiger partial charge is 0.396 e. The van der Waals surface area contributed by atoms with Crippen LogP contribution in [0.25, 0.3) is 20.8 Å². The zero-order chi connectivity index (χ0) is 25.3. The maximum Gasteiger partial charge on any atom is 0.225 e. The minimum absolute atomic E-state index is 0.183. The van der Waals surface area contributed by atoms with Gasteiger partial charge in [0.25, 0.3) is 0 Å². The van der Waals surface area contributed by atoms with E-state index in [1.54, 1.807) is 0 Å². The summed E-state index contributed by atoms with van der Waals surface area (Å²) in [7, 11) is 0. The van der Waals surface area contributed by atoms with Gasteiger partial charge in [-0.15, -0.1) is 11.3 Å². The summed E-state index contributed by atoms with van der Waals surface area (Å²) in [6.45, 7) is 1.80. The predicted molar refractivity (Wildman–Crippen MR) is 140 cm³/mol. The lowest BCUT2D eigenvalue weighted by Crippen LogP contribution is -2.48. The molecular weight excluding hydrogens is 478 g/mol. The Morgan fingerprint density at radius 3 is 2.56 bits per heavy atom. The van der Waals surface area contributed by atoms with Crippen LogP contribution in [0.2, 0.25) is 0 Å². The van der Waals surface area contributed by atoms with Gasteiger partial charge < -0.3 is 31.1 Å². The van der Waals surface area contributed by atoms with E-state index >= 15 is 0 Å². The number of aromatic nitrogens is 3. The van der Waals surface area contributed by atoms with Gasteiger partial charge in [-0.25, -0.2) is 9.97 Å². The molecule has 0 spiro atoms. The van der Waals surface area contributed by atoms with E-state index in [1.807, 2.05) is 61.5 Å². The molecule has 2 aromatic carbocycles. The van der Waals surface area contributed by atoms with Gasteiger partial charge >= 0.3 is 0 Å². The number of nitrogens with one attached hydrogen (secondary N) is 2. The van der Waals surface area contributed by atoms with Gasteiger partial charge in [-0.3, -0.25) is 0 Å². The van der Waals surface area contributed by atoms with Gasteiger partial charge in [-0.05, 0) is 37.5 Å². The summed E-state index contributed by atoms with van der Waals surface area (Å²) in [5.41, 5.74) is 1.19. The topological polar surface area (TPSA) is 144 Å². The van der Waals surface area contributed by atoms with Crippen molar-refractivity contribution >= 4 is 33.3 Å². The van der Waals surface area contributed by atoms with Crippen LogP contribution in [0.5, 0.6) is 0 Å². The van der Waals surface area contributed by atoms with Gasteiger partial charge in [-0.1, -0.05) is 42.5 Å². The fraction of sp³-hybridized carbons (Fsp3) is 0.346. The summed E-state index contributed by atoms with van der Waals surface area (Å²) in [5.74, 6) is 0.151. The van der Waals surface area contributed by atoms with Crippen molar-refractivity contribution in [3.63, 3.8) is 0 Å². The lowest BCUT2D eigenvalue weighted by molar-refractivity contribution is -0.0545. The summed E-state index contributed by atoms with van der Waals surface area (Å²) < 4.78 is 1.01. The number of anilines is 2. The van der Waals surface area contributed by atoms with Crippen LogP contribution in [0.4, 0.5) is 11.8 Å². The Hall–Kier alpha value is -3.15. The smallest absolute Gasteiger partial charge is 0.225 e. The van der Waals surface area contributed by atoms with Crippen molar-refractivity contribution < 1.29 is 20.4 Å². The lowest BCUT2D eigenvalue weighted by atomic mass is 10.0. The standard InChI is InChI=1S/C26H29N5O4S/c1-15-21(24-29-18-9-5-6-10-20(18)36-24)23(31-26(35)12-11-17(14-32)22(26)34)30-25(28-15)27-13-19(33)16-7-3-2-4-8-16/h2-10,17,19,22,32-35H,11-14H2,1H3,(H2,27,28,30,31). The third-order valence-electron chi connectivity index (χ3n) is 6.64. The monoisotopic (exact) mass is 507 g/mol. The second-order valence-corrected chi connectivity index (χ2v) is 10.2. The molecule has 0 aliphatic heterocycles. The van der Waals surface area contributed by atoms with Crippen molar-refractivity contribution in [3.8, 4) is 10.6 Å². The molecule has 36 heavy (non-hydrogen) atoms. The van der Waals surface area contributed by atoms with Crippen LogP contribution in [-0.2, 0) is 0 Å². The van der Waals surface area contributed by atoms with E-state index in [4.69, 9.17) is 4.98 Å². The van der Waals surface area contributed by atoms with Crippen molar-refractivity contribution in [1.82, 2.24) is 15.0 Å². The molecule has 1 saturated carbocycles.